The van der Waals surface area contributed by atoms with Gasteiger partial charge in [0.05, 0.1) is 40.6 Å². The van der Waals surface area contributed by atoms with Crippen LogP contribution in [-0.2, 0) is 38.1 Å². The third kappa shape index (κ3) is 3.57. The Morgan fingerprint density at radius 3 is 2.28 bits per heavy atom. The topological polar surface area (TPSA) is 175 Å². The predicted octanol–water partition coefficient (Wildman–Crippen LogP) is 0.991. The summed E-state index contributed by atoms with van der Waals surface area (Å²) in [5.41, 5.74) is -9.37. The van der Waals surface area contributed by atoms with E-state index in [9.17, 15) is 34.5 Å². The maximum Gasteiger partial charge on any atom is 0.343 e. The SMILES string of the molecule is CC(=O)O[C@H]1C[C@H]2OC[C@]2(OC(C)=O)[C@@H]2[C@H](OC(=O)c3ccccc3)[C@]3(C(C)(C)O)C[C@H](O)C(C)=C3[C@@]3(O)C(=O)OC[C@@]123. The van der Waals surface area contributed by atoms with Gasteiger partial charge >= 0.3 is 23.9 Å². The van der Waals surface area contributed by atoms with Crippen LogP contribution in [0.2, 0.25) is 0 Å². The zero-order chi connectivity index (χ0) is 31.3. The van der Waals surface area contributed by atoms with E-state index in [0.717, 1.165) is 0 Å². The maximum absolute atomic E-state index is 13.9. The van der Waals surface area contributed by atoms with Crippen LogP contribution in [0.1, 0.15) is 57.8 Å². The van der Waals surface area contributed by atoms with Crippen LogP contribution in [0.3, 0.4) is 0 Å². The van der Waals surface area contributed by atoms with Crippen LogP contribution in [0.15, 0.2) is 41.5 Å². The van der Waals surface area contributed by atoms with Crippen LogP contribution in [0, 0.1) is 16.7 Å². The lowest BCUT2D eigenvalue weighted by atomic mass is 9.38. The van der Waals surface area contributed by atoms with Gasteiger partial charge in [0, 0.05) is 20.3 Å². The van der Waals surface area contributed by atoms with Crippen LogP contribution in [0.4, 0.5) is 0 Å². The second kappa shape index (κ2) is 9.34. The van der Waals surface area contributed by atoms with Gasteiger partial charge in [0.25, 0.3) is 0 Å². The second-order valence-corrected chi connectivity index (χ2v) is 13.0. The number of hydrogen-bond donors (Lipinski definition) is 3. The zero-order valence-corrected chi connectivity index (χ0v) is 24.6. The number of ether oxygens (including phenoxy) is 5. The van der Waals surface area contributed by atoms with Crippen molar-refractivity contribution in [2.75, 3.05) is 13.2 Å². The number of hydrogen-bond acceptors (Lipinski definition) is 12. The number of rotatable bonds is 5. The standard InChI is InChI=1S/C31H36O12/c1-15-19(34)12-28(27(4,5)37)22(15)31(38)26(36)40-13-29(31)20(41-16(2)32)11-21-30(14-39-21,43-17(3)33)23(29)24(28)42-25(35)18-9-7-6-8-10-18/h6-10,19-21,23-24,34,37-38H,11-14H2,1-5H3/t19-,20-,21+,23+,24-,28-,29+,30+,31+/m0/s1. The summed E-state index contributed by atoms with van der Waals surface area (Å²) >= 11 is 0. The lowest BCUT2D eigenvalue weighted by molar-refractivity contribution is -0.369. The fraction of sp³-hybridized carbons (Fsp3) is 0.613. The summed E-state index contributed by atoms with van der Waals surface area (Å²) in [5.74, 6) is -4.58. The van der Waals surface area contributed by atoms with E-state index in [-0.39, 0.29) is 36.2 Å². The second-order valence-electron chi connectivity index (χ2n) is 13.0. The molecule has 0 bridgehead atoms. The number of esters is 4. The molecule has 9 atom stereocenters. The molecule has 12 nitrogen and oxygen atoms in total. The number of aliphatic hydroxyl groups excluding tert-OH is 1. The highest BCUT2D eigenvalue weighted by Crippen LogP contribution is 2.75. The van der Waals surface area contributed by atoms with Crippen molar-refractivity contribution in [2.45, 2.75) is 88.7 Å². The molecule has 5 aliphatic rings. The van der Waals surface area contributed by atoms with Crippen molar-refractivity contribution in [2.24, 2.45) is 16.7 Å². The average Bonchev–Trinajstić information content (AvgIpc) is 3.35. The highest BCUT2D eigenvalue weighted by atomic mass is 16.6. The van der Waals surface area contributed by atoms with Crippen molar-refractivity contribution >= 4 is 23.9 Å². The molecule has 4 fully saturated rings. The monoisotopic (exact) mass is 600 g/mol. The summed E-state index contributed by atoms with van der Waals surface area (Å²) in [6.45, 7) is 6.11. The summed E-state index contributed by atoms with van der Waals surface area (Å²) in [6.07, 6.45) is -5.15. The van der Waals surface area contributed by atoms with E-state index >= 15 is 0 Å². The Morgan fingerprint density at radius 2 is 1.72 bits per heavy atom. The Labute approximate surface area is 247 Å². The number of aliphatic hydroxyl groups is 3. The van der Waals surface area contributed by atoms with Gasteiger partial charge in [0.15, 0.2) is 11.2 Å². The van der Waals surface area contributed by atoms with Gasteiger partial charge in [-0.3, -0.25) is 9.59 Å². The van der Waals surface area contributed by atoms with Gasteiger partial charge in [0.2, 0.25) is 0 Å². The molecule has 2 saturated carbocycles. The summed E-state index contributed by atoms with van der Waals surface area (Å²) in [7, 11) is 0. The van der Waals surface area contributed by atoms with Crippen molar-refractivity contribution in [1.82, 2.24) is 0 Å². The van der Waals surface area contributed by atoms with Gasteiger partial charge in [0.1, 0.15) is 24.9 Å². The lowest BCUT2D eigenvalue weighted by Crippen LogP contribution is -2.85. The van der Waals surface area contributed by atoms with E-state index in [1.807, 2.05) is 0 Å². The van der Waals surface area contributed by atoms with E-state index in [1.54, 1.807) is 30.3 Å². The number of benzene rings is 1. The van der Waals surface area contributed by atoms with Gasteiger partial charge in [-0.1, -0.05) is 18.2 Å². The number of cyclic esters (lactones) is 1. The molecule has 1 aromatic rings. The first-order valence-electron chi connectivity index (χ1n) is 14.3. The molecule has 1 spiro atoms. The van der Waals surface area contributed by atoms with Gasteiger partial charge in [-0.25, -0.2) is 9.59 Å². The minimum atomic E-state index is -2.58. The van der Waals surface area contributed by atoms with Crippen LogP contribution >= 0.6 is 0 Å². The van der Waals surface area contributed by atoms with E-state index in [0.29, 0.717) is 0 Å². The summed E-state index contributed by atoms with van der Waals surface area (Å²) in [6, 6.07) is 8.11. The summed E-state index contributed by atoms with van der Waals surface area (Å²) in [4.78, 5) is 53.0. The number of carbonyl (C=O) groups excluding carboxylic acids is 4. The molecular formula is C31H36O12. The maximum atomic E-state index is 13.9. The highest BCUT2D eigenvalue weighted by Gasteiger charge is 2.89. The number of fused-ring (bicyclic) bond motifs is 4. The van der Waals surface area contributed by atoms with E-state index in [2.05, 4.69) is 0 Å². The Balaban J connectivity index is 1.71. The van der Waals surface area contributed by atoms with Gasteiger partial charge in [-0.05, 0) is 50.5 Å². The van der Waals surface area contributed by atoms with E-state index in [1.165, 1.54) is 34.6 Å². The zero-order valence-electron chi connectivity index (χ0n) is 24.6. The molecule has 1 aromatic carbocycles. The first-order valence-corrected chi connectivity index (χ1v) is 14.3. The molecule has 232 valence electrons. The normalized spacial score (nSPS) is 41.1. The van der Waals surface area contributed by atoms with Crippen molar-refractivity contribution in [3.05, 3.63) is 47.0 Å². The molecule has 0 unspecified atom stereocenters. The van der Waals surface area contributed by atoms with Crippen molar-refractivity contribution in [3.63, 3.8) is 0 Å². The molecule has 2 heterocycles. The van der Waals surface area contributed by atoms with Crippen LogP contribution in [0.25, 0.3) is 0 Å². The summed E-state index contributed by atoms with van der Waals surface area (Å²) < 4.78 is 29.7. The van der Waals surface area contributed by atoms with E-state index in [4.69, 9.17) is 23.7 Å². The molecule has 12 heteroatoms. The Morgan fingerprint density at radius 1 is 1.05 bits per heavy atom. The molecule has 3 aliphatic carbocycles. The number of carbonyl (C=O) groups is 4. The molecule has 43 heavy (non-hydrogen) atoms. The van der Waals surface area contributed by atoms with Crippen LogP contribution < -0.4 is 0 Å². The molecule has 0 amide bonds. The molecule has 0 radical (unpaired) electrons. The largest absolute Gasteiger partial charge is 0.462 e. The Bertz CT molecular complexity index is 1430. The smallest absolute Gasteiger partial charge is 0.343 e. The van der Waals surface area contributed by atoms with Crippen LogP contribution in [-0.4, -0.2) is 93.6 Å². The lowest BCUT2D eigenvalue weighted by Gasteiger charge is -2.70. The van der Waals surface area contributed by atoms with E-state index < -0.39 is 88.5 Å². The highest BCUT2D eigenvalue weighted by molar-refractivity contribution is 5.91. The molecule has 6 rings (SSSR count). The molecule has 0 aromatic heterocycles. The van der Waals surface area contributed by atoms with Gasteiger partial charge < -0.3 is 39.0 Å². The third-order valence-electron chi connectivity index (χ3n) is 10.5. The first-order chi connectivity index (χ1) is 20.1. The predicted molar refractivity (Wildman–Crippen MR) is 144 cm³/mol. The quantitative estimate of drug-likeness (QED) is 0.249. The average molecular weight is 601 g/mol. The molecule has 3 N–H and O–H groups in total. The van der Waals surface area contributed by atoms with Crippen LogP contribution in [0.5, 0.6) is 0 Å². The first kappa shape index (κ1) is 29.7. The molecule has 2 saturated heterocycles. The minimum Gasteiger partial charge on any atom is -0.462 e. The van der Waals surface area contributed by atoms with Crippen molar-refractivity contribution in [1.29, 1.82) is 0 Å². The summed E-state index contributed by atoms with van der Waals surface area (Å²) in [5, 5.41) is 36.3. The van der Waals surface area contributed by atoms with Gasteiger partial charge in [-0.2, -0.15) is 0 Å². The molecule has 2 aliphatic heterocycles. The van der Waals surface area contributed by atoms with Crippen molar-refractivity contribution in [3.8, 4) is 0 Å². The van der Waals surface area contributed by atoms with Gasteiger partial charge in [-0.15, -0.1) is 0 Å². The minimum absolute atomic E-state index is 0.0570. The molecular weight excluding hydrogens is 564 g/mol. The fourth-order valence-corrected chi connectivity index (χ4v) is 8.89. The fourth-order valence-electron chi connectivity index (χ4n) is 8.89. The third-order valence-corrected chi connectivity index (χ3v) is 10.5. The van der Waals surface area contributed by atoms with Crippen molar-refractivity contribution < 1.29 is 58.2 Å². The Hall–Kier alpha value is -3.32. The Kier molecular flexibility index (Phi) is 6.46.